The number of nitrogens with one attached hydrogen (secondary N) is 1. The summed E-state index contributed by atoms with van der Waals surface area (Å²) in [5, 5.41) is 3.58. The maximum Gasteiger partial charge on any atom is 0.0589 e. The van der Waals surface area contributed by atoms with Gasteiger partial charge in [0.1, 0.15) is 0 Å². The second-order valence-corrected chi connectivity index (χ2v) is 7.57. The molecule has 118 valence electrons. The number of rotatable bonds is 8. The third-order valence-electron chi connectivity index (χ3n) is 5.48. The quantitative estimate of drug-likeness (QED) is 0.741. The van der Waals surface area contributed by atoms with Crippen LogP contribution in [-0.2, 0) is 4.74 Å². The van der Waals surface area contributed by atoms with Crippen LogP contribution in [-0.4, -0.2) is 50.8 Å². The Bertz CT molecular complexity index is 283. The normalized spacial score (nSPS) is 25.9. The Labute approximate surface area is 125 Å². The van der Waals surface area contributed by atoms with Crippen LogP contribution < -0.4 is 5.32 Å². The predicted octanol–water partition coefficient (Wildman–Crippen LogP) is 2.76. The molecule has 2 rings (SSSR count). The number of hydrogen-bond acceptors (Lipinski definition) is 3. The summed E-state index contributed by atoms with van der Waals surface area (Å²) in [5.74, 6) is 1.75. The lowest BCUT2D eigenvalue weighted by atomic mass is 9.74. The molecule has 3 heteroatoms. The zero-order valence-electron chi connectivity index (χ0n) is 14.0. The van der Waals surface area contributed by atoms with Crippen molar-refractivity contribution < 1.29 is 4.74 Å². The lowest BCUT2D eigenvalue weighted by molar-refractivity contribution is 0.0514. The van der Waals surface area contributed by atoms with Gasteiger partial charge in [0, 0.05) is 26.2 Å². The molecule has 0 aromatic heterocycles. The van der Waals surface area contributed by atoms with Crippen molar-refractivity contribution in [1.29, 1.82) is 0 Å². The smallest absolute Gasteiger partial charge is 0.0589 e. The average molecular weight is 282 g/mol. The third-order valence-corrected chi connectivity index (χ3v) is 5.48. The van der Waals surface area contributed by atoms with Crippen LogP contribution in [0.3, 0.4) is 0 Å². The molecule has 20 heavy (non-hydrogen) atoms. The van der Waals surface area contributed by atoms with Crippen LogP contribution in [0.15, 0.2) is 0 Å². The highest BCUT2D eigenvalue weighted by molar-refractivity contribution is 4.90. The van der Waals surface area contributed by atoms with E-state index in [4.69, 9.17) is 4.74 Å². The van der Waals surface area contributed by atoms with Gasteiger partial charge in [-0.3, -0.25) is 4.90 Å². The number of piperidine rings is 1. The molecule has 1 saturated heterocycles. The molecule has 0 radical (unpaired) electrons. The second-order valence-electron chi connectivity index (χ2n) is 7.57. The van der Waals surface area contributed by atoms with E-state index in [1.165, 1.54) is 45.3 Å². The van der Waals surface area contributed by atoms with Crippen LogP contribution in [0.25, 0.3) is 0 Å². The van der Waals surface area contributed by atoms with Gasteiger partial charge in [0.15, 0.2) is 0 Å². The van der Waals surface area contributed by atoms with Crippen molar-refractivity contribution in [2.45, 2.75) is 52.5 Å². The molecule has 1 N–H and O–H groups in total. The van der Waals surface area contributed by atoms with E-state index in [0.717, 1.165) is 31.0 Å². The number of hydrogen-bond donors (Lipinski definition) is 1. The number of methoxy groups -OCH3 is 1. The van der Waals surface area contributed by atoms with E-state index < -0.39 is 0 Å². The van der Waals surface area contributed by atoms with E-state index in [9.17, 15) is 0 Å². The standard InChI is InChI=1S/C17H34N2O/c1-14(15-7-8-15)19(10-11-20-4)13-17(2,3)16-6-5-9-18-12-16/h14-16,18H,5-13H2,1-4H3. The van der Waals surface area contributed by atoms with Gasteiger partial charge in [-0.1, -0.05) is 13.8 Å². The Kier molecular flexibility index (Phi) is 5.88. The minimum Gasteiger partial charge on any atom is -0.383 e. The van der Waals surface area contributed by atoms with Crippen LogP contribution in [0.1, 0.15) is 46.5 Å². The zero-order valence-corrected chi connectivity index (χ0v) is 14.0. The molecule has 1 heterocycles. The van der Waals surface area contributed by atoms with Gasteiger partial charge in [-0.05, 0) is 62.9 Å². The summed E-state index contributed by atoms with van der Waals surface area (Å²) in [6.45, 7) is 12.9. The van der Waals surface area contributed by atoms with Crippen molar-refractivity contribution in [3.8, 4) is 0 Å². The molecule has 1 saturated carbocycles. The van der Waals surface area contributed by atoms with Crippen LogP contribution in [0.5, 0.6) is 0 Å². The maximum atomic E-state index is 5.33. The van der Waals surface area contributed by atoms with Gasteiger partial charge in [-0.25, -0.2) is 0 Å². The van der Waals surface area contributed by atoms with Gasteiger partial charge in [0.05, 0.1) is 6.61 Å². The minimum atomic E-state index is 0.393. The molecule has 0 aromatic carbocycles. The van der Waals surface area contributed by atoms with Crippen molar-refractivity contribution in [2.75, 3.05) is 39.9 Å². The molecule has 1 aliphatic heterocycles. The summed E-state index contributed by atoms with van der Waals surface area (Å²) in [5.41, 5.74) is 0.393. The van der Waals surface area contributed by atoms with Gasteiger partial charge >= 0.3 is 0 Å². The molecule has 0 bridgehead atoms. The fourth-order valence-electron chi connectivity index (χ4n) is 3.68. The molecule has 2 unspecified atom stereocenters. The SMILES string of the molecule is COCCN(CC(C)(C)C1CCCNC1)C(C)C1CC1. The van der Waals surface area contributed by atoms with Crippen molar-refractivity contribution in [2.24, 2.45) is 17.3 Å². The predicted molar refractivity (Wildman–Crippen MR) is 85.0 cm³/mol. The zero-order chi connectivity index (χ0) is 14.6. The van der Waals surface area contributed by atoms with Crippen molar-refractivity contribution in [3.63, 3.8) is 0 Å². The molecule has 0 amide bonds. The summed E-state index contributed by atoms with van der Waals surface area (Å²) in [6, 6.07) is 0.723. The lowest BCUT2D eigenvalue weighted by Crippen LogP contribution is -2.48. The van der Waals surface area contributed by atoms with Crippen LogP contribution in [0.4, 0.5) is 0 Å². The van der Waals surface area contributed by atoms with Gasteiger partial charge in [-0.15, -0.1) is 0 Å². The molecule has 2 atom stereocenters. The second kappa shape index (κ2) is 7.24. The van der Waals surface area contributed by atoms with E-state index in [2.05, 4.69) is 31.0 Å². The van der Waals surface area contributed by atoms with E-state index >= 15 is 0 Å². The first-order valence-corrected chi connectivity index (χ1v) is 8.48. The summed E-state index contributed by atoms with van der Waals surface area (Å²) in [7, 11) is 1.82. The Hall–Kier alpha value is -0.120. The molecule has 0 aromatic rings. The Morgan fingerprint density at radius 1 is 1.30 bits per heavy atom. The van der Waals surface area contributed by atoms with E-state index in [1.54, 1.807) is 0 Å². The Morgan fingerprint density at radius 2 is 2.05 bits per heavy atom. The topological polar surface area (TPSA) is 24.5 Å². The summed E-state index contributed by atoms with van der Waals surface area (Å²) in [6.07, 6.45) is 5.58. The first-order chi connectivity index (χ1) is 9.54. The van der Waals surface area contributed by atoms with E-state index in [0.29, 0.717) is 5.41 Å². The molecular formula is C17H34N2O. The van der Waals surface area contributed by atoms with E-state index in [1.807, 2.05) is 7.11 Å². The van der Waals surface area contributed by atoms with Gasteiger partial charge in [-0.2, -0.15) is 0 Å². The first-order valence-electron chi connectivity index (χ1n) is 8.48. The monoisotopic (exact) mass is 282 g/mol. The van der Waals surface area contributed by atoms with Gasteiger partial charge in [0.25, 0.3) is 0 Å². The molecule has 0 spiro atoms. The van der Waals surface area contributed by atoms with Crippen molar-refractivity contribution >= 4 is 0 Å². The number of nitrogens with zero attached hydrogens (tertiary/aromatic N) is 1. The summed E-state index contributed by atoms with van der Waals surface area (Å²) < 4.78 is 5.33. The fourth-order valence-corrected chi connectivity index (χ4v) is 3.68. The molecule has 2 aliphatic rings. The lowest BCUT2D eigenvalue weighted by Gasteiger charge is -2.42. The fraction of sp³-hybridized carbons (Fsp3) is 1.00. The highest BCUT2D eigenvalue weighted by Gasteiger charge is 2.37. The highest BCUT2D eigenvalue weighted by Crippen LogP contribution is 2.38. The van der Waals surface area contributed by atoms with Crippen LogP contribution in [0.2, 0.25) is 0 Å². The average Bonchev–Trinajstić information content (AvgIpc) is 3.28. The summed E-state index contributed by atoms with van der Waals surface area (Å²) >= 11 is 0. The van der Waals surface area contributed by atoms with Crippen LogP contribution in [0, 0.1) is 17.3 Å². The van der Waals surface area contributed by atoms with Crippen LogP contribution >= 0.6 is 0 Å². The largest absolute Gasteiger partial charge is 0.383 e. The maximum absolute atomic E-state index is 5.33. The Balaban J connectivity index is 1.93. The highest BCUT2D eigenvalue weighted by atomic mass is 16.5. The number of ether oxygens (including phenoxy) is 1. The Morgan fingerprint density at radius 3 is 2.60 bits per heavy atom. The molecule has 2 fully saturated rings. The van der Waals surface area contributed by atoms with Gasteiger partial charge in [0.2, 0.25) is 0 Å². The van der Waals surface area contributed by atoms with Gasteiger partial charge < -0.3 is 10.1 Å². The molecule has 3 nitrogen and oxygen atoms in total. The molecular weight excluding hydrogens is 248 g/mol. The van der Waals surface area contributed by atoms with E-state index in [-0.39, 0.29) is 0 Å². The van der Waals surface area contributed by atoms with Crippen molar-refractivity contribution in [3.05, 3.63) is 0 Å². The minimum absolute atomic E-state index is 0.393. The first kappa shape index (κ1) is 16.3. The third kappa shape index (κ3) is 4.44. The molecule has 1 aliphatic carbocycles. The van der Waals surface area contributed by atoms with Crippen molar-refractivity contribution in [1.82, 2.24) is 10.2 Å². The summed E-state index contributed by atoms with van der Waals surface area (Å²) in [4.78, 5) is 2.69.